The Morgan fingerprint density at radius 1 is 0.815 bits per heavy atom. The summed E-state index contributed by atoms with van der Waals surface area (Å²) >= 11 is 0. The maximum atomic E-state index is 6.31. The molecular formula is C24H17NO2. The summed E-state index contributed by atoms with van der Waals surface area (Å²) in [5.74, 6) is 1.79. The number of fused-ring (bicyclic) bond motifs is 4. The zero-order valence-corrected chi connectivity index (χ0v) is 14.6. The van der Waals surface area contributed by atoms with Gasteiger partial charge in [0.2, 0.25) is 5.88 Å². The van der Waals surface area contributed by atoms with E-state index in [0.29, 0.717) is 0 Å². The fourth-order valence-electron chi connectivity index (χ4n) is 4.21. The van der Waals surface area contributed by atoms with Crippen molar-refractivity contribution in [1.82, 2.24) is 4.57 Å². The Bertz CT molecular complexity index is 1260. The van der Waals surface area contributed by atoms with E-state index in [0.717, 1.165) is 29.3 Å². The van der Waals surface area contributed by atoms with Crippen LogP contribution in [0.25, 0.3) is 27.6 Å². The van der Waals surface area contributed by atoms with E-state index in [4.69, 9.17) is 9.15 Å². The number of rotatable bonds is 2. The summed E-state index contributed by atoms with van der Waals surface area (Å²) in [5, 5.41) is 3.71. The molecule has 0 amide bonds. The van der Waals surface area contributed by atoms with E-state index in [1.54, 1.807) is 6.26 Å². The predicted molar refractivity (Wildman–Crippen MR) is 107 cm³/mol. The quantitative estimate of drug-likeness (QED) is 0.387. The molecule has 0 saturated heterocycles. The SMILES string of the molecule is c1coc(-n2c(C3Cc4ccccc4O3)cc3c4ccccc4ccc32)c1. The molecule has 0 N–H and O–H groups in total. The van der Waals surface area contributed by atoms with E-state index in [1.807, 2.05) is 24.3 Å². The van der Waals surface area contributed by atoms with Crippen LogP contribution < -0.4 is 4.74 Å². The van der Waals surface area contributed by atoms with Gasteiger partial charge in [-0.15, -0.1) is 0 Å². The molecule has 3 nitrogen and oxygen atoms in total. The molecular weight excluding hydrogens is 334 g/mol. The highest BCUT2D eigenvalue weighted by Crippen LogP contribution is 2.40. The molecule has 2 aromatic heterocycles. The Morgan fingerprint density at radius 2 is 1.70 bits per heavy atom. The number of hydrogen-bond donors (Lipinski definition) is 0. The fourth-order valence-corrected chi connectivity index (χ4v) is 4.21. The molecule has 0 bridgehead atoms. The van der Waals surface area contributed by atoms with Gasteiger partial charge in [-0.25, -0.2) is 0 Å². The maximum absolute atomic E-state index is 6.31. The largest absolute Gasteiger partial charge is 0.484 e. The third kappa shape index (κ3) is 2.15. The first-order chi connectivity index (χ1) is 13.4. The van der Waals surface area contributed by atoms with Crippen LogP contribution in [0, 0.1) is 0 Å². The number of ether oxygens (including phenoxy) is 1. The minimum Gasteiger partial charge on any atom is -0.484 e. The van der Waals surface area contributed by atoms with Crippen LogP contribution in [0.5, 0.6) is 5.75 Å². The molecule has 5 aromatic rings. The lowest BCUT2D eigenvalue weighted by Crippen LogP contribution is -2.09. The van der Waals surface area contributed by atoms with Gasteiger partial charge >= 0.3 is 0 Å². The van der Waals surface area contributed by atoms with Crippen molar-refractivity contribution in [3.63, 3.8) is 0 Å². The molecule has 1 unspecified atom stereocenters. The van der Waals surface area contributed by atoms with Crippen LogP contribution in [0.4, 0.5) is 0 Å². The molecule has 3 heterocycles. The van der Waals surface area contributed by atoms with Crippen molar-refractivity contribution in [1.29, 1.82) is 0 Å². The van der Waals surface area contributed by atoms with Crippen LogP contribution in [0.15, 0.2) is 89.5 Å². The highest BCUT2D eigenvalue weighted by atomic mass is 16.5. The van der Waals surface area contributed by atoms with E-state index in [-0.39, 0.29) is 6.10 Å². The number of benzene rings is 3. The van der Waals surface area contributed by atoms with E-state index in [9.17, 15) is 0 Å². The third-order valence-corrected chi connectivity index (χ3v) is 5.44. The Labute approximate surface area is 156 Å². The van der Waals surface area contributed by atoms with Gasteiger partial charge in [-0.2, -0.15) is 0 Å². The molecule has 6 rings (SSSR count). The van der Waals surface area contributed by atoms with Crippen LogP contribution >= 0.6 is 0 Å². The van der Waals surface area contributed by atoms with Crippen LogP contribution in [-0.2, 0) is 6.42 Å². The highest BCUT2D eigenvalue weighted by molar-refractivity contribution is 6.07. The Kier molecular flexibility index (Phi) is 3.00. The number of furan rings is 1. The Balaban J connectivity index is 1.62. The second kappa shape index (κ2) is 5.52. The summed E-state index contributed by atoms with van der Waals surface area (Å²) in [7, 11) is 0. The molecule has 0 aliphatic carbocycles. The molecule has 1 aliphatic heterocycles. The Morgan fingerprint density at radius 3 is 2.59 bits per heavy atom. The van der Waals surface area contributed by atoms with E-state index in [2.05, 4.69) is 59.2 Å². The number of para-hydroxylation sites is 1. The highest BCUT2D eigenvalue weighted by Gasteiger charge is 2.29. The molecule has 27 heavy (non-hydrogen) atoms. The minimum atomic E-state index is -0.0290. The van der Waals surface area contributed by atoms with Gasteiger partial charge in [-0.05, 0) is 40.6 Å². The lowest BCUT2D eigenvalue weighted by atomic mass is 10.1. The van der Waals surface area contributed by atoms with Crippen molar-refractivity contribution in [3.05, 3.63) is 96.4 Å². The average molecular weight is 351 g/mol. The Hall–Kier alpha value is -3.46. The number of nitrogens with zero attached hydrogens (tertiary/aromatic N) is 1. The first-order valence-corrected chi connectivity index (χ1v) is 9.20. The van der Waals surface area contributed by atoms with Gasteiger partial charge in [0.1, 0.15) is 11.9 Å². The smallest absolute Gasteiger partial charge is 0.204 e. The van der Waals surface area contributed by atoms with Crippen LogP contribution in [0.3, 0.4) is 0 Å². The van der Waals surface area contributed by atoms with Gasteiger partial charge in [0.25, 0.3) is 0 Å². The molecule has 130 valence electrons. The average Bonchev–Trinajstić information content (AvgIpc) is 3.44. The normalized spacial score (nSPS) is 15.9. The molecule has 0 spiro atoms. The third-order valence-electron chi connectivity index (χ3n) is 5.44. The molecule has 1 aliphatic rings. The topological polar surface area (TPSA) is 27.3 Å². The molecule has 3 heteroatoms. The summed E-state index contributed by atoms with van der Waals surface area (Å²) < 4.78 is 14.3. The molecule has 1 atom stereocenters. The zero-order valence-electron chi connectivity index (χ0n) is 14.6. The second-order valence-electron chi connectivity index (χ2n) is 6.99. The van der Waals surface area contributed by atoms with Crippen molar-refractivity contribution in [2.24, 2.45) is 0 Å². The summed E-state index contributed by atoms with van der Waals surface area (Å²) in [5.41, 5.74) is 3.51. The fraction of sp³-hybridized carbons (Fsp3) is 0.0833. The van der Waals surface area contributed by atoms with Gasteiger partial charge in [0, 0.05) is 17.9 Å². The minimum absolute atomic E-state index is 0.0290. The lowest BCUT2D eigenvalue weighted by molar-refractivity contribution is 0.230. The van der Waals surface area contributed by atoms with E-state index < -0.39 is 0 Å². The summed E-state index contributed by atoms with van der Waals surface area (Å²) in [4.78, 5) is 0. The molecule has 3 aromatic carbocycles. The van der Waals surface area contributed by atoms with Crippen LogP contribution in [0.1, 0.15) is 17.4 Å². The predicted octanol–water partition coefficient (Wildman–Crippen LogP) is 6.05. The first-order valence-electron chi connectivity index (χ1n) is 9.20. The summed E-state index contributed by atoms with van der Waals surface area (Å²) in [6.07, 6.45) is 2.56. The van der Waals surface area contributed by atoms with E-state index in [1.165, 1.54) is 21.7 Å². The second-order valence-corrected chi connectivity index (χ2v) is 6.99. The van der Waals surface area contributed by atoms with Crippen molar-refractivity contribution < 1.29 is 9.15 Å². The van der Waals surface area contributed by atoms with Gasteiger partial charge in [-0.3, -0.25) is 4.57 Å². The molecule has 0 saturated carbocycles. The zero-order chi connectivity index (χ0) is 17.8. The van der Waals surface area contributed by atoms with Gasteiger partial charge < -0.3 is 9.15 Å². The summed E-state index contributed by atoms with van der Waals surface area (Å²) in [6, 6.07) is 27.3. The van der Waals surface area contributed by atoms with Crippen LogP contribution in [0.2, 0.25) is 0 Å². The molecule has 0 radical (unpaired) electrons. The van der Waals surface area contributed by atoms with Gasteiger partial charge in [0.15, 0.2) is 0 Å². The van der Waals surface area contributed by atoms with Crippen LogP contribution in [-0.4, -0.2) is 4.57 Å². The monoisotopic (exact) mass is 351 g/mol. The lowest BCUT2D eigenvalue weighted by Gasteiger charge is -2.14. The first kappa shape index (κ1) is 14.7. The van der Waals surface area contributed by atoms with Crippen molar-refractivity contribution in [2.45, 2.75) is 12.5 Å². The van der Waals surface area contributed by atoms with E-state index >= 15 is 0 Å². The maximum Gasteiger partial charge on any atom is 0.204 e. The van der Waals surface area contributed by atoms with Gasteiger partial charge in [0.05, 0.1) is 17.5 Å². The van der Waals surface area contributed by atoms with Crippen molar-refractivity contribution in [3.8, 4) is 11.6 Å². The number of aromatic nitrogens is 1. The summed E-state index contributed by atoms with van der Waals surface area (Å²) in [6.45, 7) is 0. The standard InChI is InChI=1S/C24H17NO2/c1-3-8-18-16(6-1)11-12-20-19(18)15-21(25(20)24-10-5-13-26-24)23-14-17-7-2-4-9-22(17)27-23/h1-13,15,23H,14H2. The van der Waals surface area contributed by atoms with Crippen molar-refractivity contribution in [2.75, 3.05) is 0 Å². The molecule has 0 fully saturated rings. The van der Waals surface area contributed by atoms with Crippen molar-refractivity contribution >= 4 is 21.7 Å². The van der Waals surface area contributed by atoms with Gasteiger partial charge in [-0.1, -0.05) is 48.5 Å². The number of hydrogen-bond acceptors (Lipinski definition) is 2.